The molecule has 0 aliphatic carbocycles. The number of nitrogens with zero attached hydrogens (tertiary/aromatic N) is 1. The Hall–Kier alpha value is -1.55. The quantitative estimate of drug-likeness (QED) is 0.415. The molecule has 1 amide bonds. The number of rotatable bonds is 3. The van der Waals surface area contributed by atoms with E-state index in [0.29, 0.717) is 0 Å². The molecule has 4 heteroatoms. The first-order valence-electron chi connectivity index (χ1n) is 4.41. The molecule has 14 heavy (non-hydrogen) atoms. The highest BCUT2D eigenvalue weighted by Gasteiger charge is 2.07. The molecule has 0 unspecified atom stereocenters. The molecule has 0 fully saturated rings. The lowest BCUT2D eigenvalue weighted by Crippen LogP contribution is -2.39. The number of carbonyl (C=O) groups is 1. The van der Waals surface area contributed by atoms with Gasteiger partial charge in [-0.1, -0.05) is 18.2 Å². The average Bonchev–Trinajstić information content (AvgIpc) is 2.18. The maximum atomic E-state index is 11.0. The summed E-state index contributed by atoms with van der Waals surface area (Å²) in [5, 5.41) is 0. The highest BCUT2D eigenvalue weighted by molar-refractivity contribution is 5.80. The zero-order chi connectivity index (χ0) is 10.6. The van der Waals surface area contributed by atoms with Gasteiger partial charge in [-0.3, -0.25) is 10.2 Å². The smallest absolute Gasteiger partial charge is 0.253 e. The molecule has 0 saturated carbocycles. The summed E-state index contributed by atoms with van der Waals surface area (Å²) in [6.07, 6.45) is 0. The Balaban J connectivity index is 2.74. The zero-order valence-electron chi connectivity index (χ0n) is 8.45. The van der Waals surface area contributed by atoms with E-state index in [1.807, 2.05) is 43.1 Å². The molecule has 0 aliphatic heterocycles. The molecule has 4 nitrogen and oxygen atoms in total. The lowest BCUT2D eigenvalue weighted by Gasteiger charge is -2.19. The molecule has 0 radical (unpaired) electrons. The molecule has 76 valence electrons. The van der Waals surface area contributed by atoms with Gasteiger partial charge in [0.2, 0.25) is 0 Å². The molecule has 0 atom stereocenters. The minimum Gasteiger partial charge on any atom is -0.365 e. The Bertz CT molecular complexity index is 325. The first-order chi connectivity index (χ1) is 6.65. The number of hydrazine groups is 1. The van der Waals surface area contributed by atoms with Crippen molar-refractivity contribution in [2.24, 2.45) is 5.84 Å². The number of hydrogen-bond donors (Lipinski definition) is 2. The van der Waals surface area contributed by atoms with E-state index in [-0.39, 0.29) is 12.5 Å². The lowest BCUT2D eigenvalue weighted by atomic mass is 10.2. The van der Waals surface area contributed by atoms with Gasteiger partial charge in [-0.05, 0) is 18.6 Å². The minimum atomic E-state index is -0.198. The second-order valence-electron chi connectivity index (χ2n) is 3.21. The Morgan fingerprint density at radius 1 is 1.50 bits per heavy atom. The van der Waals surface area contributed by atoms with E-state index in [4.69, 9.17) is 5.84 Å². The van der Waals surface area contributed by atoms with E-state index in [2.05, 4.69) is 5.43 Å². The van der Waals surface area contributed by atoms with E-state index in [1.165, 1.54) is 0 Å². The molecular weight excluding hydrogens is 178 g/mol. The molecule has 0 aliphatic rings. The summed E-state index contributed by atoms with van der Waals surface area (Å²) in [4.78, 5) is 12.9. The Kier molecular flexibility index (Phi) is 3.48. The van der Waals surface area contributed by atoms with Crippen molar-refractivity contribution in [2.45, 2.75) is 6.92 Å². The van der Waals surface area contributed by atoms with Crippen LogP contribution < -0.4 is 16.2 Å². The molecule has 0 bridgehead atoms. The Morgan fingerprint density at radius 3 is 2.71 bits per heavy atom. The van der Waals surface area contributed by atoms with Crippen LogP contribution in [0.3, 0.4) is 0 Å². The van der Waals surface area contributed by atoms with Crippen molar-refractivity contribution in [3.63, 3.8) is 0 Å². The van der Waals surface area contributed by atoms with Crippen molar-refractivity contribution in [2.75, 3.05) is 18.5 Å². The number of nitrogens with one attached hydrogen (secondary N) is 1. The van der Waals surface area contributed by atoms with Crippen molar-refractivity contribution in [3.8, 4) is 0 Å². The third-order valence-electron chi connectivity index (χ3n) is 2.07. The summed E-state index contributed by atoms with van der Waals surface area (Å²) in [7, 11) is 1.86. The van der Waals surface area contributed by atoms with Crippen LogP contribution >= 0.6 is 0 Å². The number of hydrogen-bond acceptors (Lipinski definition) is 3. The van der Waals surface area contributed by atoms with Crippen LogP contribution in [0.5, 0.6) is 0 Å². The molecule has 0 spiro atoms. The fourth-order valence-corrected chi connectivity index (χ4v) is 1.34. The van der Waals surface area contributed by atoms with E-state index in [0.717, 1.165) is 11.3 Å². The number of benzene rings is 1. The van der Waals surface area contributed by atoms with E-state index in [1.54, 1.807) is 0 Å². The molecule has 0 heterocycles. The average molecular weight is 193 g/mol. The standard InChI is InChI=1S/C10H15N3O/c1-8-5-3-4-6-9(8)13(2)7-10(14)12-11/h3-6H,7,11H2,1-2H3,(H,12,14). The highest BCUT2D eigenvalue weighted by Crippen LogP contribution is 2.16. The van der Waals surface area contributed by atoms with Crippen LogP contribution in [0.15, 0.2) is 24.3 Å². The van der Waals surface area contributed by atoms with Gasteiger partial charge in [0.25, 0.3) is 5.91 Å². The number of anilines is 1. The SMILES string of the molecule is Cc1ccccc1N(C)CC(=O)NN. The summed E-state index contributed by atoms with van der Waals surface area (Å²) in [6.45, 7) is 2.27. The van der Waals surface area contributed by atoms with Crippen molar-refractivity contribution in [3.05, 3.63) is 29.8 Å². The number of carbonyl (C=O) groups excluding carboxylic acids is 1. The monoisotopic (exact) mass is 193 g/mol. The molecule has 0 saturated heterocycles. The Morgan fingerprint density at radius 2 is 2.14 bits per heavy atom. The van der Waals surface area contributed by atoms with Crippen LogP contribution in [-0.4, -0.2) is 19.5 Å². The van der Waals surface area contributed by atoms with E-state index >= 15 is 0 Å². The fraction of sp³-hybridized carbons (Fsp3) is 0.300. The fourth-order valence-electron chi connectivity index (χ4n) is 1.34. The molecule has 0 aromatic heterocycles. The van der Waals surface area contributed by atoms with Crippen molar-refractivity contribution < 1.29 is 4.79 Å². The molecular formula is C10H15N3O. The second-order valence-corrected chi connectivity index (χ2v) is 3.21. The lowest BCUT2D eigenvalue weighted by molar-refractivity contribution is -0.119. The maximum absolute atomic E-state index is 11.0. The van der Waals surface area contributed by atoms with Gasteiger partial charge in [0.05, 0.1) is 6.54 Å². The van der Waals surface area contributed by atoms with Gasteiger partial charge < -0.3 is 4.90 Å². The summed E-state index contributed by atoms with van der Waals surface area (Å²) in [5.41, 5.74) is 4.28. The van der Waals surface area contributed by atoms with Gasteiger partial charge in [-0.25, -0.2) is 5.84 Å². The van der Waals surface area contributed by atoms with E-state index < -0.39 is 0 Å². The van der Waals surface area contributed by atoms with Crippen LogP contribution in [0.1, 0.15) is 5.56 Å². The summed E-state index contributed by atoms with van der Waals surface area (Å²) < 4.78 is 0. The normalized spacial score (nSPS) is 9.64. The second kappa shape index (κ2) is 4.62. The predicted octanol–water partition coefficient (Wildman–Crippen LogP) is 0.421. The van der Waals surface area contributed by atoms with Gasteiger partial charge >= 0.3 is 0 Å². The highest BCUT2D eigenvalue weighted by atomic mass is 16.2. The number of nitrogens with two attached hydrogens (primary N) is 1. The number of aryl methyl sites for hydroxylation is 1. The van der Waals surface area contributed by atoms with Crippen molar-refractivity contribution in [1.29, 1.82) is 0 Å². The van der Waals surface area contributed by atoms with Crippen molar-refractivity contribution >= 4 is 11.6 Å². The van der Waals surface area contributed by atoms with Gasteiger partial charge in [0, 0.05) is 12.7 Å². The first kappa shape index (κ1) is 10.5. The predicted molar refractivity (Wildman–Crippen MR) is 56.8 cm³/mol. The number of para-hydroxylation sites is 1. The van der Waals surface area contributed by atoms with Crippen LogP contribution in [-0.2, 0) is 4.79 Å². The first-order valence-corrected chi connectivity index (χ1v) is 4.41. The van der Waals surface area contributed by atoms with Gasteiger partial charge in [-0.15, -0.1) is 0 Å². The molecule has 1 aromatic carbocycles. The Labute approximate surface area is 83.7 Å². The summed E-state index contributed by atoms with van der Waals surface area (Å²) >= 11 is 0. The zero-order valence-corrected chi connectivity index (χ0v) is 8.45. The van der Waals surface area contributed by atoms with Crippen LogP contribution in [0, 0.1) is 6.92 Å². The van der Waals surface area contributed by atoms with E-state index in [9.17, 15) is 4.79 Å². The molecule has 1 rings (SSSR count). The summed E-state index contributed by atoms with van der Waals surface area (Å²) in [5.74, 6) is 4.81. The molecule has 1 aromatic rings. The maximum Gasteiger partial charge on any atom is 0.253 e. The van der Waals surface area contributed by atoms with Crippen molar-refractivity contribution in [1.82, 2.24) is 5.43 Å². The molecule has 3 N–H and O–H groups in total. The third kappa shape index (κ3) is 2.47. The van der Waals surface area contributed by atoms with Gasteiger partial charge in [0.15, 0.2) is 0 Å². The minimum absolute atomic E-state index is 0.198. The topological polar surface area (TPSA) is 58.4 Å². The summed E-state index contributed by atoms with van der Waals surface area (Å²) in [6, 6.07) is 7.89. The number of likely N-dealkylation sites (N-methyl/N-ethyl adjacent to an activating group) is 1. The van der Waals surface area contributed by atoms with Crippen LogP contribution in [0.25, 0.3) is 0 Å². The largest absolute Gasteiger partial charge is 0.365 e. The van der Waals surface area contributed by atoms with Crippen LogP contribution in [0.2, 0.25) is 0 Å². The van der Waals surface area contributed by atoms with Gasteiger partial charge in [0.1, 0.15) is 0 Å². The number of amides is 1. The van der Waals surface area contributed by atoms with Crippen LogP contribution in [0.4, 0.5) is 5.69 Å². The third-order valence-corrected chi connectivity index (χ3v) is 2.07. The van der Waals surface area contributed by atoms with Gasteiger partial charge in [-0.2, -0.15) is 0 Å².